The zero-order valence-corrected chi connectivity index (χ0v) is 17.3. The van der Waals surface area contributed by atoms with Gasteiger partial charge in [-0.1, -0.05) is 25.0 Å². The predicted octanol–water partition coefficient (Wildman–Crippen LogP) is 3.75. The number of carbonyl (C=O) groups is 1. The van der Waals surface area contributed by atoms with Gasteiger partial charge in [-0.05, 0) is 55.7 Å². The normalized spacial score (nSPS) is 15.5. The van der Waals surface area contributed by atoms with Gasteiger partial charge in [0, 0.05) is 24.5 Å². The SMILES string of the molecule is Cc1ccc(F)cc1NC(=O)CNc1cccc(S(=O)(=O)N2CCCCCC2)c1. The summed E-state index contributed by atoms with van der Waals surface area (Å²) in [5.41, 5.74) is 1.70. The number of sulfonamides is 1. The number of carbonyl (C=O) groups excluding carboxylic acids is 1. The van der Waals surface area contributed by atoms with E-state index in [0.717, 1.165) is 31.2 Å². The van der Waals surface area contributed by atoms with Crippen LogP contribution in [0, 0.1) is 12.7 Å². The summed E-state index contributed by atoms with van der Waals surface area (Å²) in [7, 11) is -3.55. The number of benzene rings is 2. The molecule has 8 heteroatoms. The van der Waals surface area contributed by atoms with E-state index in [1.165, 1.54) is 12.1 Å². The van der Waals surface area contributed by atoms with Crippen molar-refractivity contribution in [1.82, 2.24) is 4.31 Å². The molecule has 2 aromatic carbocycles. The van der Waals surface area contributed by atoms with Gasteiger partial charge in [-0.2, -0.15) is 4.31 Å². The van der Waals surface area contributed by atoms with Crippen molar-refractivity contribution in [2.75, 3.05) is 30.3 Å². The summed E-state index contributed by atoms with van der Waals surface area (Å²) in [5.74, 6) is -0.773. The van der Waals surface area contributed by atoms with Crippen LogP contribution in [0.25, 0.3) is 0 Å². The number of nitrogens with zero attached hydrogens (tertiary/aromatic N) is 1. The van der Waals surface area contributed by atoms with E-state index in [4.69, 9.17) is 0 Å². The molecule has 1 aliphatic rings. The highest BCUT2D eigenvalue weighted by molar-refractivity contribution is 7.89. The van der Waals surface area contributed by atoms with Crippen LogP contribution in [0.5, 0.6) is 0 Å². The molecular weight excluding hydrogens is 393 g/mol. The lowest BCUT2D eigenvalue weighted by atomic mass is 10.2. The van der Waals surface area contributed by atoms with Gasteiger partial charge in [0.2, 0.25) is 15.9 Å². The van der Waals surface area contributed by atoms with E-state index in [2.05, 4.69) is 10.6 Å². The highest BCUT2D eigenvalue weighted by Crippen LogP contribution is 2.23. The Hall–Kier alpha value is -2.45. The first-order valence-corrected chi connectivity index (χ1v) is 11.2. The molecule has 1 aliphatic heterocycles. The van der Waals surface area contributed by atoms with E-state index in [1.54, 1.807) is 41.6 Å². The highest BCUT2D eigenvalue weighted by atomic mass is 32.2. The third kappa shape index (κ3) is 5.55. The first kappa shape index (κ1) is 21.3. The topological polar surface area (TPSA) is 78.5 Å². The fourth-order valence-electron chi connectivity index (χ4n) is 3.30. The summed E-state index contributed by atoms with van der Waals surface area (Å²) in [5, 5.41) is 5.59. The Labute approximate surface area is 171 Å². The van der Waals surface area contributed by atoms with Crippen LogP contribution in [0.15, 0.2) is 47.4 Å². The monoisotopic (exact) mass is 419 g/mol. The van der Waals surface area contributed by atoms with E-state index < -0.39 is 15.8 Å². The van der Waals surface area contributed by atoms with Crippen LogP contribution >= 0.6 is 0 Å². The number of amides is 1. The van der Waals surface area contributed by atoms with Crippen molar-refractivity contribution in [1.29, 1.82) is 0 Å². The molecule has 0 aromatic heterocycles. The van der Waals surface area contributed by atoms with Gasteiger partial charge in [-0.25, -0.2) is 12.8 Å². The van der Waals surface area contributed by atoms with Crippen molar-refractivity contribution >= 4 is 27.3 Å². The van der Waals surface area contributed by atoms with E-state index in [0.29, 0.717) is 24.5 Å². The molecule has 0 bridgehead atoms. The average Bonchev–Trinajstić information content (AvgIpc) is 2.99. The molecule has 0 unspecified atom stereocenters. The van der Waals surface area contributed by atoms with Crippen LogP contribution < -0.4 is 10.6 Å². The van der Waals surface area contributed by atoms with Gasteiger partial charge >= 0.3 is 0 Å². The number of nitrogens with one attached hydrogen (secondary N) is 2. The Balaban J connectivity index is 1.65. The van der Waals surface area contributed by atoms with Crippen LogP contribution in [0.2, 0.25) is 0 Å². The lowest BCUT2D eigenvalue weighted by molar-refractivity contribution is -0.114. The zero-order valence-electron chi connectivity index (χ0n) is 16.4. The van der Waals surface area contributed by atoms with Gasteiger partial charge < -0.3 is 10.6 Å². The maximum atomic E-state index is 13.4. The zero-order chi connectivity index (χ0) is 20.9. The molecule has 0 atom stereocenters. The van der Waals surface area contributed by atoms with Crippen molar-refractivity contribution in [2.24, 2.45) is 0 Å². The standard InChI is InChI=1S/C21H26FN3O3S/c1-16-9-10-17(22)13-20(16)24-21(26)15-23-18-7-6-8-19(14-18)29(27,28)25-11-4-2-3-5-12-25/h6-10,13-14,23H,2-5,11-12,15H2,1H3,(H,24,26). The number of hydrogen-bond acceptors (Lipinski definition) is 4. The van der Waals surface area contributed by atoms with Crippen molar-refractivity contribution < 1.29 is 17.6 Å². The molecule has 156 valence electrons. The average molecular weight is 420 g/mol. The number of aryl methyl sites for hydroxylation is 1. The first-order chi connectivity index (χ1) is 13.9. The van der Waals surface area contributed by atoms with Gasteiger partial charge in [-0.15, -0.1) is 0 Å². The van der Waals surface area contributed by atoms with E-state index in [-0.39, 0.29) is 17.3 Å². The number of anilines is 2. The van der Waals surface area contributed by atoms with Crippen LogP contribution in [0.1, 0.15) is 31.2 Å². The summed E-state index contributed by atoms with van der Waals surface area (Å²) in [6.45, 7) is 2.79. The predicted molar refractivity (Wildman–Crippen MR) is 112 cm³/mol. The summed E-state index contributed by atoms with van der Waals surface area (Å²) < 4.78 is 40.7. The molecule has 2 aromatic rings. The molecule has 3 rings (SSSR count). The second-order valence-corrected chi connectivity index (χ2v) is 9.15. The fraction of sp³-hybridized carbons (Fsp3) is 0.381. The van der Waals surface area contributed by atoms with Gasteiger partial charge in [0.1, 0.15) is 5.82 Å². The molecule has 0 aliphatic carbocycles. The van der Waals surface area contributed by atoms with Crippen molar-refractivity contribution in [3.8, 4) is 0 Å². The van der Waals surface area contributed by atoms with Crippen LogP contribution in [-0.4, -0.2) is 38.3 Å². The molecule has 1 amide bonds. The second-order valence-electron chi connectivity index (χ2n) is 7.21. The van der Waals surface area contributed by atoms with Crippen LogP contribution in [0.4, 0.5) is 15.8 Å². The third-order valence-corrected chi connectivity index (χ3v) is 6.86. The molecule has 1 heterocycles. The van der Waals surface area contributed by atoms with Gasteiger partial charge in [0.15, 0.2) is 0 Å². The summed E-state index contributed by atoms with van der Waals surface area (Å²) in [6.07, 6.45) is 3.84. The summed E-state index contributed by atoms with van der Waals surface area (Å²) in [4.78, 5) is 12.4. The minimum absolute atomic E-state index is 0.0663. The van der Waals surface area contributed by atoms with Gasteiger partial charge in [-0.3, -0.25) is 4.79 Å². The third-order valence-electron chi connectivity index (χ3n) is 4.96. The van der Waals surface area contributed by atoms with Crippen molar-refractivity contribution in [2.45, 2.75) is 37.5 Å². The first-order valence-electron chi connectivity index (χ1n) is 9.76. The molecule has 1 fully saturated rings. The Bertz CT molecular complexity index is 971. The van der Waals surface area contributed by atoms with Crippen LogP contribution in [0.3, 0.4) is 0 Å². The second kappa shape index (κ2) is 9.37. The van der Waals surface area contributed by atoms with Crippen LogP contribution in [-0.2, 0) is 14.8 Å². The lowest BCUT2D eigenvalue weighted by Crippen LogP contribution is -2.32. The number of rotatable bonds is 6. The maximum absolute atomic E-state index is 13.4. The summed E-state index contributed by atoms with van der Waals surface area (Å²) >= 11 is 0. The molecule has 1 saturated heterocycles. The Kier molecular flexibility index (Phi) is 6.87. The molecule has 29 heavy (non-hydrogen) atoms. The minimum atomic E-state index is -3.55. The van der Waals surface area contributed by atoms with E-state index in [9.17, 15) is 17.6 Å². The molecule has 2 N–H and O–H groups in total. The Morgan fingerprint density at radius 2 is 1.79 bits per heavy atom. The summed E-state index contributed by atoms with van der Waals surface area (Å²) in [6, 6.07) is 10.7. The highest BCUT2D eigenvalue weighted by Gasteiger charge is 2.25. The Morgan fingerprint density at radius 1 is 1.07 bits per heavy atom. The smallest absolute Gasteiger partial charge is 0.243 e. The molecular formula is C21H26FN3O3S. The minimum Gasteiger partial charge on any atom is -0.376 e. The van der Waals surface area contributed by atoms with Gasteiger partial charge in [0.25, 0.3) is 0 Å². The molecule has 0 radical (unpaired) electrons. The lowest BCUT2D eigenvalue weighted by Gasteiger charge is -2.20. The fourth-order valence-corrected chi connectivity index (χ4v) is 4.87. The van der Waals surface area contributed by atoms with E-state index >= 15 is 0 Å². The molecule has 6 nitrogen and oxygen atoms in total. The number of halogens is 1. The van der Waals surface area contributed by atoms with Gasteiger partial charge in [0.05, 0.1) is 11.4 Å². The largest absolute Gasteiger partial charge is 0.376 e. The molecule has 0 spiro atoms. The van der Waals surface area contributed by atoms with Crippen molar-refractivity contribution in [3.63, 3.8) is 0 Å². The van der Waals surface area contributed by atoms with E-state index in [1.807, 2.05) is 0 Å². The quantitative estimate of drug-likeness (QED) is 0.748. The Morgan fingerprint density at radius 3 is 2.52 bits per heavy atom. The van der Waals surface area contributed by atoms with Crippen molar-refractivity contribution in [3.05, 3.63) is 53.8 Å². The number of hydrogen-bond donors (Lipinski definition) is 2. The molecule has 0 saturated carbocycles. The maximum Gasteiger partial charge on any atom is 0.243 e.